The molecule has 3 aromatic rings. The molecule has 0 aliphatic carbocycles. The average molecular weight is 635 g/mol. The lowest BCUT2D eigenvalue weighted by atomic mass is 9.85. The zero-order chi connectivity index (χ0) is 31.5. The Kier molecular flexibility index (Phi) is 10.7. The summed E-state index contributed by atoms with van der Waals surface area (Å²) < 4.78 is 53.7. The van der Waals surface area contributed by atoms with Crippen molar-refractivity contribution in [3.63, 3.8) is 0 Å². The van der Waals surface area contributed by atoms with Gasteiger partial charge in [0.05, 0.1) is 12.2 Å². The molecule has 12 heteroatoms. The highest BCUT2D eigenvalue weighted by Crippen LogP contribution is 2.44. The van der Waals surface area contributed by atoms with Gasteiger partial charge in [0.15, 0.2) is 5.96 Å². The minimum atomic E-state index is -4.69. The maximum atomic E-state index is 13.9. The normalized spacial score (nSPS) is 15.8. The summed E-state index contributed by atoms with van der Waals surface area (Å²) in [5.41, 5.74) is 8.04. The lowest BCUT2D eigenvalue weighted by molar-refractivity contribution is -0.138. The number of benzene rings is 3. The van der Waals surface area contributed by atoms with E-state index in [2.05, 4.69) is 10.6 Å². The van der Waals surface area contributed by atoms with Gasteiger partial charge in [0.25, 0.3) is 5.91 Å². The lowest BCUT2D eigenvalue weighted by Crippen LogP contribution is -2.37. The second kappa shape index (κ2) is 13.7. The summed E-state index contributed by atoms with van der Waals surface area (Å²) in [7, 11) is 0. The van der Waals surface area contributed by atoms with E-state index in [9.17, 15) is 23.1 Å². The Labute approximate surface area is 261 Å². The van der Waals surface area contributed by atoms with Crippen LogP contribution in [0.15, 0.2) is 42.5 Å². The fraction of sp³-hybridized carbons (Fsp3) is 0.375. The number of amides is 1. The number of alkyl halides is 3. The molecule has 0 bridgehead atoms. The number of ether oxygens (including phenoxy) is 2. The van der Waals surface area contributed by atoms with Crippen LogP contribution in [-0.2, 0) is 12.6 Å². The summed E-state index contributed by atoms with van der Waals surface area (Å²) in [4.78, 5) is 12.7. The molecule has 4 rings (SSSR count). The standard InChI is InChI=1S/C32H37F3N4O4.ClH/c1-18-19(2)28-24(20(3)27(18)40)12-14-31(4,43-28)13-5-6-15-42-26-11-10-23(17-25(26)32(33,34)35)38-29(41)21-8-7-9-22(16-21)39-30(36)37;/h7-11,16-17,40H,5-6,12-15H2,1-4H3,(H,38,41)(H4,36,37,39);1H. The topological polar surface area (TPSA) is 130 Å². The van der Waals surface area contributed by atoms with Gasteiger partial charge in [-0.25, -0.2) is 0 Å². The first kappa shape index (κ1) is 34.4. The minimum absolute atomic E-state index is 0. The molecule has 0 saturated heterocycles. The molecule has 8 nitrogen and oxygen atoms in total. The van der Waals surface area contributed by atoms with Crippen LogP contribution in [0.1, 0.15) is 70.8 Å². The Bertz CT molecular complexity index is 1550. The van der Waals surface area contributed by atoms with Crippen molar-refractivity contribution in [2.45, 2.75) is 71.6 Å². The summed E-state index contributed by atoms with van der Waals surface area (Å²) >= 11 is 0. The molecule has 0 radical (unpaired) electrons. The molecule has 3 aromatic carbocycles. The molecule has 44 heavy (non-hydrogen) atoms. The second-order valence-electron chi connectivity index (χ2n) is 11.2. The van der Waals surface area contributed by atoms with E-state index in [1.807, 2.05) is 27.7 Å². The van der Waals surface area contributed by atoms with E-state index < -0.39 is 23.2 Å². The highest BCUT2D eigenvalue weighted by atomic mass is 35.5. The third-order valence-corrected chi connectivity index (χ3v) is 7.90. The molecule has 6 N–H and O–H groups in total. The molecule has 1 amide bonds. The van der Waals surface area contributed by atoms with Crippen LogP contribution in [0.2, 0.25) is 0 Å². The molecule has 1 aliphatic rings. The number of hydrogen-bond acceptors (Lipinski definition) is 5. The molecule has 0 aromatic heterocycles. The molecule has 1 unspecified atom stereocenters. The third-order valence-electron chi connectivity index (χ3n) is 7.90. The molecular formula is C32H38ClF3N4O4. The zero-order valence-electron chi connectivity index (χ0n) is 25.1. The number of fused-ring (bicyclic) bond motifs is 1. The van der Waals surface area contributed by atoms with Crippen LogP contribution in [0.25, 0.3) is 0 Å². The van der Waals surface area contributed by atoms with Gasteiger partial charge in [-0.2, -0.15) is 13.2 Å². The number of hydrogen-bond donors (Lipinski definition) is 5. The highest BCUT2D eigenvalue weighted by molar-refractivity contribution is 6.05. The number of unbranched alkanes of at least 4 members (excludes halogenated alkanes) is 1. The maximum absolute atomic E-state index is 13.9. The number of nitrogens with one attached hydrogen (secondary N) is 3. The van der Waals surface area contributed by atoms with Crippen molar-refractivity contribution in [1.82, 2.24) is 0 Å². The van der Waals surface area contributed by atoms with Crippen LogP contribution >= 0.6 is 12.4 Å². The van der Waals surface area contributed by atoms with E-state index in [0.717, 1.165) is 46.9 Å². The number of carbonyl (C=O) groups excluding carboxylic acids is 1. The molecule has 0 saturated carbocycles. The molecule has 0 spiro atoms. The van der Waals surface area contributed by atoms with Crippen LogP contribution in [0, 0.1) is 26.2 Å². The Morgan fingerprint density at radius 1 is 1.07 bits per heavy atom. The van der Waals surface area contributed by atoms with Gasteiger partial charge in [0, 0.05) is 22.5 Å². The Morgan fingerprint density at radius 3 is 2.45 bits per heavy atom. The monoisotopic (exact) mass is 634 g/mol. The number of phenols is 1. The van der Waals surface area contributed by atoms with Gasteiger partial charge in [0.2, 0.25) is 0 Å². The van der Waals surface area contributed by atoms with Crippen LogP contribution in [0.5, 0.6) is 17.2 Å². The van der Waals surface area contributed by atoms with E-state index in [1.54, 1.807) is 12.1 Å². The van der Waals surface area contributed by atoms with Crippen LogP contribution in [-0.4, -0.2) is 29.2 Å². The zero-order valence-corrected chi connectivity index (χ0v) is 25.9. The largest absolute Gasteiger partial charge is 0.507 e. The second-order valence-corrected chi connectivity index (χ2v) is 11.2. The maximum Gasteiger partial charge on any atom is 0.420 e. The predicted molar refractivity (Wildman–Crippen MR) is 168 cm³/mol. The number of rotatable bonds is 9. The number of carbonyl (C=O) groups is 1. The molecule has 1 heterocycles. The average Bonchev–Trinajstić information content (AvgIpc) is 2.94. The van der Waals surface area contributed by atoms with Gasteiger partial charge in [-0.15, -0.1) is 12.4 Å². The molecular weight excluding hydrogens is 597 g/mol. The van der Waals surface area contributed by atoms with Crippen molar-refractivity contribution >= 4 is 35.6 Å². The lowest BCUT2D eigenvalue weighted by Gasteiger charge is -2.38. The predicted octanol–water partition coefficient (Wildman–Crippen LogP) is 7.65. The summed E-state index contributed by atoms with van der Waals surface area (Å²) in [6, 6.07) is 9.51. The van der Waals surface area contributed by atoms with Crippen molar-refractivity contribution in [1.29, 1.82) is 5.41 Å². The first-order valence-corrected chi connectivity index (χ1v) is 14.1. The van der Waals surface area contributed by atoms with Gasteiger partial charge in [0.1, 0.15) is 22.8 Å². The smallest absolute Gasteiger partial charge is 0.420 e. The molecule has 0 fully saturated rings. The summed E-state index contributed by atoms with van der Waals surface area (Å²) in [6.07, 6.45) is -1.23. The quantitative estimate of drug-likeness (QED) is 0.0934. The van der Waals surface area contributed by atoms with Crippen LogP contribution in [0.3, 0.4) is 0 Å². The Balaban J connectivity index is 0.00000529. The molecule has 238 valence electrons. The van der Waals surface area contributed by atoms with Gasteiger partial charge in [-0.3, -0.25) is 10.2 Å². The fourth-order valence-electron chi connectivity index (χ4n) is 5.31. The van der Waals surface area contributed by atoms with Gasteiger partial charge < -0.3 is 30.9 Å². The molecule has 1 atom stereocenters. The van der Waals surface area contributed by atoms with E-state index in [4.69, 9.17) is 20.6 Å². The number of halogens is 4. The van der Waals surface area contributed by atoms with Gasteiger partial charge in [-0.1, -0.05) is 6.07 Å². The summed E-state index contributed by atoms with van der Waals surface area (Å²) in [5, 5.41) is 22.7. The minimum Gasteiger partial charge on any atom is -0.507 e. The van der Waals surface area contributed by atoms with Crippen molar-refractivity contribution < 1.29 is 32.5 Å². The van der Waals surface area contributed by atoms with Crippen molar-refractivity contribution in [3.8, 4) is 17.2 Å². The first-order chi connectivity index (χ1) is 20.2. The van der Waals surface area contributed by atoms with E-state index in [-0.39, 0.29) is 42.0 Å². The molecule has 1 aliphatic heterocycles. The number of aromatic hydroxyl groups is 1. The number of nitrogens with two attached hydrogens (primary N) is 1. The Morgan fingerprint density at radius 2 is 1.77 bits per heavy atom. The number of phenolic OH excluding ortho intramolecular Hbond substituents is 1. The van der Waals surface area contributed by atoms with Gasteiger partial charge >= 0.3 is 6.18 Å². The first-order valence-electron chi connectivity index (χ1n) is 14.1. The van der Waals surface area contributed by atoms with Crippen molar-refractivity contribution in [3.05, 3.63) is 75.8 Å². The van der Waals surface area contributed by atoms with Crippen molar-refractivity contribution in [2.75, 3.05) is 17.2 Å². The SMILES string of the molecule is Cc1c(C)c2c(c(C)c1O)CCC(C)(CCCCOc1ccc(NC(=O)c3cccc(NC(=N)N)c3)cc1C(F)(F)F)O2.Cl. The summed E-state index contributed by atoms with van der Waals surface area (Å²) in [6.45, 7) is 7.83. The third kappa shape index (κ3) is 7.88. The van der Waals surface area contributed by atoms with Crippen LogP contribution in [0.4, 0.5) is 24.5 Å². The van der Waals surface area contributed by atoms with Gasteiger partial charge in [-0.05, 0) is 113 Å². The Hall–Kier alpha value is -4.12. The van der Waals surface area contributed by atoms with Crippen molar-refractivity contribution in [2.24, 2.45) is 5.73 Å². The fourth-order valence-corrected chi connectivity index (χ4v) is 5.31. The van der Waals surface area contributed by atoms with E-state index in [0.29, 0.717) is 30.7 Å². The van der Waals surface area contributed by atoms with E-state index in [1.165, 1.54) is 24.3 Å². The van der Waals surface area contributed by atoms with Crippen LogP contribution < -0.4 is 25.8 Å². The summed E-state index contributed by atoms with van der Waals surface area (Å²) in [5.74, 6) is -0.115. The number of guanidine groups is 1. The number of anilines is 2. The highest BCUT2D eigenvalue weighted by Gasteiger charge is 2.36. The van der Waals surface area contributed by atoms with E-state index >= 15 is 0 Å².